The summed E-state index contributed by atoms with van der Waals surface area (Å²) < 4.78 is 5.57. The van der Waals surface area contributed by atoms with E-state index in [1.54, 1.807) is 0 Å². The quantitative estimate of drug-likeness (QED) is 0.650. The van der Waals surface area contributed by atoms with Gasteiger partial charge in [0, 0.05) is 19.1 Å². The summed E-state index contributed by atoms with van der Waals surface area (Å²) in [6.45, 7) is 4.03. The molecule has 0 bridgehead atoms. The fourth-order valence-corrected chi connectivity index (χ4v) is 1.82. The smallest absolute Gasteiger partial charge is 0.0591 e. The molecule has 1 aliphatic heterocycles. The summed E-state index contributed by atoms with van der Waals surface area (Å²) in [5.74, 6) is 2.71. The van der Waals surface area contributed by atoms with Crippen molar-refractivity contribution in [3.8, 4) is 12.3 Å². The third-order valence-electron chi connectivity index (χ3n) is 2.43. The lowest BCUT2D eigenvalue weighted by Crippen LogP contribution is -2.32. The molecule has 2 unspecified atom stereocenters. The molecule has 0 aromatic carbocycles. The molecule has 2 heteroatoms. The Labute approximate surface area is 81.0 Å². The van der Waals surface area contributed by atoms with E-state index in [4.69, 9.17) is 11.2 Å². The van der Waals surface area contributed by atoms with Gasteiger partial charge in [-0.1, -0.05) is 6.92 Å². The molecule has 74 valence electrons. The summed E-state index contributed by atoms with van der Waals surface area (Å²) >= 11 is 0. The molecule has 1 aliphatic rings. The predicted octanol–water partition coefficient (Wildman–Crippen LogP) is 1.56. The highest BCUT2D eigenvalue weighted by Crippen LogP contribution is 2.17. The third kappa shape index (κ3) is 3.80. The van der Waals surface area contributed by atoms with E-state index < -0.39 is 0 Å². The van der Waals surface area contributed by atoms with Gasteiger partial charge in [-0.15, -0.1) is 12.3 Å². The van der Waals surface area contributed by atoms with Gasteiger partial charge in [0.15, 0.2) is 0 Å². The second-order valence-electron chi connectivity index (χ2n) is 3.53. The van der Waals surface area contributed by atoms with Gasteiger partial charge in [0.2, 0.25) is 0 Å². The first-order chi connectivity index (χ1) is 6.36. The monoisotopic (exact) mass is 181 g/mol. The van der Waals surface area contributed by atoms with Gasteiger partial charge >= 0.3 is 0 Å². The molecule has 0 saturated carbocycles. The van der Waals surface area contributed by atoms with E-state index in [0.29, 0.717) is 12.1 Å². The Balaban J connectivity index is 2.24. The molecular formula is C11H19NO. The first-order valence-corrected chi connectivity index (χ1v) is 5.15. The van der Waals surface area contributed by atoms with Crippen molar-refractivity contribution in [1.82, 2.24) is 5.32 Å². The molecule has 0 spiro atoms. The zero-order chi connectivity index (χ0) is 9.52. The van der Waals surface area contributed by atoms with Gasteiger partial charge < -0.3 is 10.1 Å². The fraction of sp³-hybridized carbons (Fsp3) is 0.818. The van der Waals surface area contributed by atoms with Crippen molar-refractivity contribution in [2.75, 3.05) is 13.2 Å². The Hall–Kier alpha value is -0.520. The van der Waals surface area contributed by atoms with Crippen LogP contribution in [0.1, 0.15) is 32.6 Å². The van der Waals surface area contributed by atoms with Crippen molar-refractivity contribution >= 4 is 0 Å². The zero-order valence-corrected chi connectivity index (χ0v) is 8.38. The Morgan fingerprint density at radius 1 is 1.69 bits per heavy atom. The molecule has 1 fully saturated rings. The van der Waals surface area contributed by atoms with E-state index in [0.717, 1.165) is 26.0 Å². The fourth-order valence-electron chi connectivity index (χ4n) is 1.82. The maximum absolute atomic E-state index is 5.57. The maximum atomic E-state index is 5.57. The average Bonchev–Trinajstić information content (AvgIpc) is 2.58. The van der Waals surface area contributed by atoms with Crippen molar-refractivity contribution in [3.63, 3.8) is 0 Å². The van der Waals surface area contributed by atoms with Crippen molar-refractivity contribution in [1.29, 1.82) is 0 Å². The minimum atomic E-state index is 0.442. The van der Waals surface area contributed by atoms with E-state index in [1.165, 1.54) is 12.8 Å². The lowest BCUT2D eigenvalue weighted by molar-refractivity contribution is 0.0952. The van der Waals surface area contributed by atoms with Crippen LogP contribution < -0.4 is 5.32 Å². The number of hydrogen-bond acceptors (Lipinski definition) is 2. The minimum absolute atomic E-state index is 0.442. The Morgan fingerprint density at radius 2 is 2.54 bits per heavy atom. The molecule has 0 aliphatic carbocycles. The first-order valence-electron chi connectivity index (χ1n) is 5.15. The van der Waals surface area contributed by atoms with Gasteiger partial charge in [-0.3, -0.25) is 0 Å². The Kier molecular flexibility index (Phi) is 4.88. The molecule has 1 rings (SSSR count). The van der Waals surface area contributed by atoms with Gasteiger partial charge in [0.1, 0.15) is 0 Å². The van der Waals surface area contributed by atoms with Crippen molar-refractivity contribution in [2.24, 2.45) is 0 Å². The highest BCUT2D eigenvalue weighted by Gasteiger charge is 2.19. The number of terminal acetylenes is 1. The highest BCUT2D eigenvalue weighted by molar-refractivity contribution is 4.91. The molecular weight excluding hydrogens is 162 g/mol. The second kappa shape index (κ2) is 6.01. The van der Waals surface area contributed by atoms with Gasteiger partial charge in [0.05, 0.1) is 6.10 Å². The SMILES string of the molecule is C#CCC(CC1CCCO1)NCC. The maximum Gasteiger partial charge on any atom is 0.0591 e. The summed E-state index contributed by atoms with van der Waals surface area (Å²) in [5.41, 5.74) is 0. The van der Waals surface area contributed by atoms with Crippen LogP contribution in [0.25, 0.3) is 0 Å². The number of rotatable bonds is 5. The second-order valence-corrected chi connectivity index (χ2v) is 3.53. The molecule has 1 saturated heterocycles. The van der Waals surface area contributed by atoms with Crippen LogP contribution in [0.3, 0.4) is 0 Å². The predicted molar refractivity (Wildman–Crippen MR) is 54.5 cm³/mol. The van der Waals surface area contributed by atoms with Gasteiger partial charge in [-0.05, 0) is 25.8 Å². The molecule has 13 heavy (non-hydrogen) atoms. The largest absolute Gasteiger partial charge is 0.378 e. The normalized spacial score (nSPS) is 24.2. The average molecular weight is 181 g/mol. The summed E-state index contributed by atoms with van der Waals surface area (Å²) in [6.07, 6.45) is 10.0. The number of nitrogens with one attached hydrogen (secondary N) is 1. The highest BCUT2D eigenvalue weighted by atomic mass is 16.5. The Morgan fingerprint density at radius 3 is 3.08 bits per heavy atom. The van der Waals surface area contributed by atoms with E-state index in [1.807, 2.05) is 0 Å². The van der Waals surface area contributed by atoms with Gasteiger partial charge in [-0.25, -0.2) is 0 Å². The van der Waals surface area contributed by atoms with Crippen LogP contribution in [-0.4, -0.2) is 25.3 Å². The zero-order valence-electron chi connectivity index (χ0n) is 8.38. The lowest BCUT2D eigenvalue weighted by Gasteiger charge is -2.18. The Bertz CT molecular complexity index is 167. The molecule has 0 amide bonds. The summed E-state index contributed by atoms with van der Waals surface area (Å²) in [6, 6.07) is 0.443. The van der Waals surface area contributed by atoms with E-state index >= 15 is 0 Å². The third-order valence-corrected chi connectivity index (χ3v) is 2.43. The van der Waals surface area contributed by atoms with Crippen molar-refractivity contribution in [2.45, 2.75) is 44.8 Å². The van der Waals surface area contributed by atoms with Crippen LogP contribution in [0.2, 0.25) is 0 Å². The van der Waals surface area contributed by atoms with E-state index in [-0.39, 0.29) is 0 Å². The molecule has 0 radical (unpaired) electrons. The summed E-state index contributed by atoms with van der Waals surface area (Å²) in [7, 11) is 0. The van der Waals surface area contributed by atoms with Gasteiger partial charge in [0.25, 0.3) is 0 Å². The molecule has 0 aromatic heterocycles. The van der Waals surface area contributed by atoms with Crippen molar-refractivity contribution in [3.05, 3.63) is 0 Å². The molecule has 0 aromatic rings. The van der Waals surface area contributed by atoms with E-state index in [2.05, 4.69) is 18.2 Å². The van der Waals surface area contributed by atoms with Crippen LogP contribution >= 0.6 is 0 Å². The minimum Gasteiger partial charge on any atom is -0.378 e. The molecule has 2 nitrogen and oxygen atoms in total. The first kappa shape index (κ1) is 10.6. The van der Waals surface area contributed by atoms with Crippen LogP contribution in [0, 0.1) is 12.3 Å². The number of hydrogen-bond donors (Lipinski definition) is 1. The summed E-state index contributed by atoms with van der Waals surface area (Å²) in [4.78, 5) is 0. The molecule has 1 N–H and O–H groups in total. The standard InChI is InChI=1S/C11H19NO/c1-3-6-10(12-4-2)9-11-7-5-8-13-11/h1,10-12H,4-9H2,2H3. The van der Waals surface area contributed by atoms with Crippen LogP contribution in [-0.2, 0) is 4.74 Å². The van der Waals surface area contributed by atoms with Gasteiger partial charge in [-0.2, -0.15) is 0 Å². The van der Waals surface area contributed by atoms with Crippen molar-refractivity contribution < 1.29 is 4.74 Å². The molecule has 1 heterocycles. The van der Waals surface area contributed by atoms with E-state index in [9.17, 15) is 0 Å². The lowest BCUT2D eigenvalue weighted by atomic mass is 10.0. The van der Waals surface area contributed by atoms with Crippen LogP contribution in [0.15, 0.2) is 0 Å². The molecule has 2 atom stereocenters. The van der Waals surface area contributed by atoms with Crippen LogP contribution in [0.5, 0.6) is 0 Å². The summed E-state index contributed by atoms with van der Waals surface area (Å²) in [5, 5.41) is 3.39. The topological polar surface area (TPSA) is 21.3 Å². The van der Waals surface area contributed by atoms with Crippen LogP contribution in [0.4, 0.5) is 0 Å². The number of ether oxygens (including phenoxy) is 1.